The maximum atomic E-state index is 11.1. The van der Waals surface area contributed by atoms with Gasteiger partial charge in [0.25, 0.3) is 0 Å². The van der Waals surface area contributed by atoms with Crippen molar-refractivity contribution in [2.24, 2.45) is 5.92 Å². The van der Waals surface area contributed by atoms with Crippen LogP contribution in [0, 0.1) is 16.0 Å². The van der Waals surface area contributed by atoms with Crippen LogP contribution in [0.25, 0.3) is 11.3 Å². The molecule has 0 unspecified atom stereocenters. The predicted molar refractivity (Wildman–Crippen MR) is 80.2 cm³/mol. The van der Waals surface area contributed by atoms with Gasteiger partial charge in [-0.15, -0.1) is 0 Å². The molecule has 7 heteroatoms. The van der Waals surface area contributed by atoms with Gasteiger partial charge in [-0.05, 0) is 24.5 Å². The average Bonchev–Trinajstić information content (AvgIpc) is 2.79. The van der Waals surface area contributed by atoms with Crippen LogP contribution < -0.4 is 10.5 Å². The Bertz CT molecular complexity index is 664. The van der Waals surface area contributed by atoms with Crippen LogP contribution in [0.3, 0.4) is 0 Å². The fourth-order valence-corrected chi connectivity index (χ4v) is 2.22. The van der Waals surface area contributed by atoms with Gasteiger partial charge in [-0.3, -0.25) is 15.2 Å². The molecule has 0 aliphatic rings. The molecular formula is C14H18N4O3. The van der Waals surface area contributed by atoms with Crippen molar-refractivity contribution in [1.29, 1.82) is 0 Å². The zero-order chi connectivity index (χ0) is 15.6. The van der Waals surface area contributed by atoms with Crippen molar-refractivity contribution in [2.75, 3.05) is 12.8 Å². The van der Waals surface area contributed by atoms with Crippen LogP contribution in [0.15, 0.2) is 18.2 Å². The van der Waals surface area contributed by atoms with Gasteiger partial charge in [0.15, 0.2) is 5.75 Å². The van der Waals surface area contributed by atoms with Gasteiger partial charge in [-0.1, -0.05) is 13.8 Å². The molecule has 2 rings (SSSR count). The van der Waals surface area contributed by atoms with E-state index in [0.717, 1.165) is 12.0 Å². The summed E-state index contributed by atoms with van der Waals surface area (Å²) in [6.07, 6.45) is 0.748. The second-order valence-electron chi connectivity index (χ2n) is 5.20. The molecule has 0 fully saturated rings. The molecule has 7 nitrogen and oxygen atoms in total. The minimum atomic E-state index is -0.468. The van der Waals surface area contributed by atoms with Crippen LogP contribution in [0.4, 0.5) is 11.5 Å². The summed E-state index contributed by atoms with van der Waals surface area (Å²) in [6, 6.07) is 4.79. The highest BCUT2D eigenvalue weighted by Crippen LogP contribution is 2.34. The molecular weight excluding hydrogens is 272 g/mol. The minimum Gasteiger partial charge on any atom is -0.490 e. The summed E-state index contributed by atoms with van der Waals surface area (Å²) in [5.74, 6) is 1.05. The first kappa shape index (κ1) is 14.8. The highest BCUT2D eigenvalue weighted by Gasteiger charge is 2.19. The second kappa shape index (κ2) is 5.82. The van der Waals surface area contributed by atoms with Gasteiger partial charge in [0, 0.05) is 17.2 Å². The van der Waals surface area contributed by atoms with E-state index in [4.69, 9.17) is 10.5 Å². The number of nitrogen functional groups attached to an aromatic ring is 1. The molecule has 0 saturated heterocycles. The topological polar surface area (TPSA) is 107 Å². The first-order chi connectivity index (χ1) is 9.93. The number of nitro groups is 1. The molecule has 0 saturated carbocycles. The first-order valence-corrected chi connectivity index (χ1v) is 6.59. The molecule has 21 heavy (non-hydrogen) atoms. The number of anilines is 1. The number of nitrogens with one attached hydrogen (secondary N) is 1. The first-order valence-electron chi connectivity index (χ1n) is 6.59. The molecule has 0 aliphatic heterocycles. The van der Waals surface area contributed by atoms with Crippen LogP contribution in [0.1, 0.15) is 19.4 Å². The van der Waals surface area contributed by atoms with E-state index in [1.807, 2.05) is 0 Å². The van der Waals surface area contributed by atoms with Gasteiger partial charge in [-0.2, -0.15) is 5.10 Å². The number of hydrogen-bond donors (Lipinski definition) is 2. The number of nitro benzene ring substituents is 1. The molecule has 0 aliphatic carbocycles. The van der Waals surface area contributed by atoms with Crippen molar-refractivity contribution in [3.63, 3.8) is 0 Å². The van der Waals surface area contributed by atoms with Crippen molar-refractivity contribution in [2.45, 2.75) is 20.3 Å². The Kier molecular flexibility index (Phi) is 4.11. The Morgan fingerprint density at radius 3 is 2.76 bits per heavy atom. The lowest BCUT2D eigenvalue weighted by Gasteiger charge is -2.08. The SMILES string of the molecule is COc1ccc(-c2[nH]nc(N)c2CC(C)C)cc1[N+](=O)[O-]. The maximum absolute atomic E-state index is 11.1. The summed E-state index contributed by atoms with van der Waals surface area (Å²) in [5.41, 5.74) is 8.06. The van der Waals surface area contributed by atoms with E-state index in [-0.39, 0.29) is 11.4 Å². The van der Waals surface area contributed by atoms with Crippen LogP contribution in [-0.2, 0) is 6.42 Å². The molecule has 0 spiro atoms. The lowest BCUT2D eigenvalue weighted by molar-refractivity contribution is -0.385. The van der Waals surface area contributed by atoms with Gasteiger partial charge in [0.2, 0.25) is 0 Å². The van der Waals surface area contributed by atoms with E-state index >= 15 is 0 Å². The standard InChI is InChI=1S/C14H18N4O3/c1-8(2)6-10-13(16-17-14(10)15)9-4-5-12(21-3)11(7-9)18(19)20/h4-5,7-8H,6H2,1-3H3,(H3,15,16,17). The quantitative estimate of drug-likeness (QED) is 0.650. The lowest BCUT2D eigenvalue weighted by Crippen LogP contribution is -1.99. The molecule has 2 aromatic rings. The van der Waals surface area contributed by atoms with Crippen molar-refractivity contribution >= 4 is 11.5 Å². The fourth-order valence-electron chi connectivity index (χ4n) is 2.22. The van der Waals surface area contributed by atoms with Gasteiger partial charge in [-0.25, -0.2) is 0 Å². The number of benzene rings is 1. The number of aromatic nitrogens is 2. The Morgan fingerprint density at radius 1 is 1.48 bits per heavy atom. The third kappa shape index (κ3) is 2.96. The number of H-pyrrole nitrogens is 1. The Balaban J connectivity index is 2.52. The van der Waals surface area contributed by atoms with E-state index < -0.39 is 4.92 Å². The average molecular weight is 290 g/mol. The predicted octanol–water partition coefficient (Wildman–Crippen LogP) is 2.77. The van der Waals surface area contributed by atoms with E-state index in [9.17, 15) is 10.1 Å². The Labute approximate surface area is 122 Å². The molecule has 1 heterocycles. The zero-order valence-corrected chi connectivity index (χ0v) is 12.2. The summed E-state index contributed by atoms with van der Waals surface area (Å²) in [4.78, 5) is 10.6. The Morgan fingerprint density at radius 2 is 2.19 bits per heavy atom. The number of aromatic amines is 1. The van der Waals surface area contributed by atoms with Crippen molar-refractivity contribution in [3.8, 4) is 17.0 Å². The molecule has 0 atom stereocenters. The highest BCUT2D eigenvalue weighted by atomic mass is 16.6. The molecule has 0 amide bonds. The highest BCUT2D eigenvalue weighted by molar-refractivity contribution is 5.71. The zero-order valence-electron chi connectivity index (χ0n) is 12.2. The summed E-state index contributed by atoms with van der Waals surface area (Å²) >= 11 is 0. The van der Waals surface area contributed by atoms with E-state index in [1.54, 1.807) is 12.1 Å². The number of rotatable bonds is 5. The lowest BCUT2D eigenvalue weighted by atomic mass is 9.99. The van der Waals surface area contributed by atoms with E-state index in [1.165, 1.54) is 13.2 Å². The number of methoxy groups -OCH3 is 1. The summed E-state index contributed by atoms with van der Waals surface area (Å²) in [7, 11) is 1.40. The largest absolute Gasteiger partial charge is 0.490 e. The number of hydrogen-bond acceptors (Lipinski definition) is 5. The number of ether oxygens (including phenoxy) is 1. The Hall–Kier alpha value is -2.57. The van der Waals surface area contributed by atoms with Crippen LogP contribution in [0.5, 0.6) is 5.75 Å². The van der Waals surface area contributed by atoms with Gasteiger partial charge in [0.05, 0.1) is 17.7 Å². The van der Waals surface area contributed by atoms with Crippen molar-refractivity contribution < 1.29 is 9.66 Å². The van der Waals surface area contributed by atoms with Crippen LogP contribution >= 0.6 is 0 Å². The maximum Gasteiger partial charge on any atom is 0.311 e. The second-order valence-corrected chi connectivity index (χ2v) is 5.20. The van der Waals surface area contributed by atoms with Crippen molar-refractivity contribution in [3.05, 3.63) is 33.9 Å². The minimum absolute atomic E-state index is 0.0846. The van der Waals surface area contributed by atoms with Gasteiger partial charge < -0.3 is 10.5 Å². The summed E-state index contributed by atoms with van der Waals surface area (Å²) < 4.78 is 5.01. The molecule has 3 N–H and O–H groups in total. The third-order valence-electron chi connectivity index (χ3n) is 3.18. The van der Waals surface area contributed by atoms with Gasteiger partial charge >= 0.3 is 5.69 Å². The van der Waals surface area contributed by atoms with Crippen molar-refractivity contribution in [1.82, 2.24) is 10.2 Å². The summed E-state index contributed by atoms with van der Waals surface area (Å²) in [5, 5.41) is 18.0. The van der Waals surface area contributed by atoms with E-state index in [2.05, 4.69) is 24.0 Å². The smallest absolute Gasteiger partial charge is 0.311 e. The van der Waals surface area contributed by atoms with Crippen LogP contribution in [0.2, 0.25) is 0 Å². The molecule has 112 valence electrons. The fraction of sp³-hybridized carbons (Fsp3) is 0.357. The summed E-state index contributed by atoms with van der Waals surface area (Å²) in [6.45, 7) is 4.15. The molecule has 1 aromatic heterocycles. The van der Waals surface area contributed by atoms with Crippen LogP contribution in [-0.4, -0.2) is 22.2 Å². The van der Waals surface area contributed by atoms with E-state index in [0.29, 0.717) is 23.0 Å². The number of nitrogens with two attached hydrogens (primary N) is 1. The normalized spacial score (nSPS) is 10.9. The molecule has 0 radical (unpaired) electrons. The molecule has 0 bridgehead atoms. The third-order valence-corrected chi connectivity index (χ3v) is 3.18. The molecule has 1 aromatic carbocycles. The number of nitrogens with zero attached hydrogens (tertiary/aromatic N) is 2. The monoisotopic (exact) mass is 290 g/mol. The van der Waals surface area contributed by atoms with Gasteiger partial charge in [0.1, 0.15) is 5.82 Å².